The number of guanidine groups is 1. The van der Waals surface area contributed by atoms with Gasteiger partial charge in [-0.25, -0.2) is 0 Å². The van der Waals surface area contributed by atoms with E-state index in [-0.39, 0.29) is 24.0 Å². The molecule has 1 N–H and O–H groups in total. The van der Waals surface area contributed by atoms with Crippen LogP contribution in [0.15, 0.2) is 21.8 Å². The number of rotatable bonds is 2. The van der Waals surface area contributed by atoms with Gasteiger partial charge in [-0.3, -0.25) is 4.99 Å². The van der Waals surface area contributed by atoms with Gasteiger partial charge < -0.3 is 14.7 Å². The number of nitrogens with zero attached hydrogens (tertiary/aromatic N) is 3. The van der Waals surface area contributed by atoms with Gasteiger partial charge in [-0.2, -0.15) is 0 Å². The van der Waals surface area contributed by atoms with Gasteiger partial charge in [0.25, 0.3) is 0 Å². The predicted octanol–water partition coefficient (Wildman–Crippen LogP) is 2.49. The van der Waals surface area contributed by atoms with Crippen molar-refractivity contribution in [3.8, 4) is 0 Å². The van der Waals surface area contributed by atoms with Crippen LogP contribution in [0, 0.1) is 11.8 Å². The van der Waals surface area contributed by atoms with Crippen molar-refractivity contribution in [3.05, 3.63) is 18.0 Å². The number of aliphatic imine (C=N–C) groups is 1. The van der Waals surface area contributed by atoms with Gasteiger partial charge in [-0.05, 0) is 24.7 Å². The molecule has 1 aromatic rings. The minimum Gasteiger partial charge on any atom is -0.364 e. The highest BCUT2D eigenvalue weighted by atomic mass is 127. The Bertz CT molecular complexity index is 420. The first kappa shape index (κ1) is 15.6. The van der Waals surface area contributed by atoms with E-state index in [2.05, 4.69) is 20.4 Å². The zero-order valence-corrected chi connectivity index (χ0v) is 14.2. The van der Waals surface area contributed by atoms with E-state index in [1.807, 2.05) is 13.1 Å². The highest BCUT2D eigenvalue weighted by molar-refractivity contribution is 14.0. The summed E-state index contributed by atoms with van der Waals surface area (Å²) in [6.45, 7) is 2.99. The Balaban J connectivity index is 0.00000147. The van der Waals surface area contributed by atoms with Crippen LogP contribution < -0.4 is 5.32 Å². The smallest absolute Gasteiger partial charge is 0.193 e. The van der Waals surface area contributed by atoms with Crippen molar-refractivity contribution in [3.63, 3.8) is 0 Å². The molecular weight excluding hydrogens is 367 g/mol. The molecule has 2 aliphatic rings. The van der Waals surface area contributed by atoms with E-state index in [4.69, 9.17) is 4.52 Å². The van der Waals surface area contributed by atoms with E-state index in [1.165, 1.54) is 25.7 Å². The Kier molecular flexibility index (Phi) is 5.68. The van der Waals surface area contributed by atoms with Crippen LogP contribution in [0.2, 0.25) is 0 Å². The Morgan fingerprint density at radius 1 is 1.40 bits per heavy atom. The van der Waals surface area contributed by atoms with Crippen molar-refractivity contribution in [1.82, 2.24) is 15.4 Å². The van der Waals surface area contributed by atoms with Crippen LogP contribution in [0.5, 0.6) is 0 Å². The molecule has 6 heteroatoms. The molecule has 2 atom stereocenters. The molecule has 3 rings (SSSR count). The van der Waals surface area contributed by atoms with Crippen molar-refractivity contribution < 1.29 is 4.52 Å². The Morgan fingerprint density at radius 2 is 2.10 bits per heavy atom. The molecular formula is C14H23IN4O. The largest absolute Gasteiger partial charge is 0.364 e. The summed E-state index contributed by atoms with van der Waals surface area (Å²) in [7, 11) is 1.85. The van der Waals surface area contributed by atoms with Gasteiger partial charge in [0, 0.05) is 26.2 Å². The number of likely N-dealkylation sites (tertiary alicyclic amines) is 1. The van der Waals surface area contributed by atoms with Crippen LogP contribution in [0.4, 0.5) is 0 Å². The van der Waals surface area contributed by atoms with E-state index in [1.54, 1.807) is 6.26 Å². The van der Waals surface area contributed by atoms with E-state index in [0.29, 0.717) is 6.54 Å². The third kappa shape index (κ3) is 3.45. The topological polar surface area (TPSA) is 53.7 Å². The van der Waals surface area contributed by atoms with Gasteiger partial charge in [-0.1, -0.05) is 18.0 Å². The van der Waals surface area contributed by atoms with Crippen LogP contribution in [0.25, 0.3) is 0 Å². The van der Waals surface area contributed by atoms with Gasteiger partial charge in [0.15, 0.2) is 5.96 Å². The second-order valence-electron chi connectivity index (χ2n) is 5.60. The minimum absolute atomic E-state index is 0. The molecule has 1 aromatic heterocycles. The van der Waals surface area contributed by atoms with Crippen molar-refractivity contribution in [2.75, 3.05) is 20.1 Å². The summed E-state index contributed by atoms with van der Waals surface area (Å²) in [6, 6.07) is 1.88. The molecule has 2 unspecified atom stereocenters. The third-order valence-electron chi connectivity index (χ3n) is 4.41. The number of halogens is 1. The van der Waals surface area contributed by atoms with Crippen molar-refractivity contribution in [2.45, 2.75) is 32.2 Å². The quantitative estimate of drug-likeness (QED) is 0.479. The zero-order valence-electron chi connectivity index (χ0n) is 11.9. The summed E-state index contributed by atoms with van der Waals surface area (Å²) in [4.78, 5) is 6.80. The van der Waals surface area contributed by atoms with Crippen molar-refractivity contribution >= 4 is 29.9 Å². The molecule has 1 saturated carbocycles. The van der Waals surface area contributed by atoms with Gasteiger partial charge in [-0.15, -0.1) is 24.0 Å². The molecule has 1 aliphatic carbocycles. The van der Waals surface area contributed by atoms with Gasteiger partial charge in [0.1, 0.15) is 12.0 Å². The lowest BCUT2D eigenvalue weighted by molar-refractivity contribution is 0.299. The van der Waals surface area contributed by atoms with Gasteiger partial charge in [0.2, 0.25) is 0 Å². The minimum atomic E-state index is 0. The first-order valence-electron chi connectivity index (χ1n) is 7.21. The highest BCUT2D eigenvalue weighted by Gasteiger charge is 2.35. The van der Waals surface area contributed by atoms with Crippen LogP contribution in [0.3, 0.4) is 0 Å². The molecule has 2 fully saturated rings. The third-order valence-corrected chi connectivity index (χ3v) is 4.41. The highest BCUT2D eigenvalue weighted by Crippen LogP contribution is 2.35. The lowest BCUT2D eigenvalue weighted by atomic mass is 9.82. The molecule has 1 aliphatic heterocycles. The normalized spacial score (nSPS) is 26.1. The number of hydrogen-bond acceptors (Lipinski definition) is 3. The Hall–Kier alpha value is -0.790. The van der Waals surface area contributed by atoms with Crippen LogP contribution in [-0.4, -0.2) is 36.2 Å². The summed E-state index contributed by atoms with van der Waals surface area (Å²) in [5.74, 6) is 2.75. The molecule has 0 aromatic carbocycles. The fraction of sp³-hybridized carbons (Fsp3) is 0.714. The molecule has 112 valence electrons. The second-order valence-corrected chi connectivity index (χ2v) is 5.60. The van der Waals surface area contributed by atoms with Gasteiger partial charge >= 0.3 is 0 Å². The number of fused-ring (bicyclic) bond motifs is 1. The standard InChI is InChI=1S/C14H22N4O.HI/c1-15-14(16-8-13-6-7-19-17-13)18-9-11-4-2-3-5-12(11)10-18;/h6-7,11-12H,2-5,8-10H2,1H3,(H,15,16);1H. The molecule has 5 nitrogen and oxygen atoms in total. The van der Waals surface area contributed by atoms with Crippen molar-refractivity contribution in [1.29, 1.82) is 0 Å². The number of aromatic nitrogens is 1. The second kappa shape index (κ2) is 7.28. The van der Waals surface area contributed by atoms with Crippen LogP contribution in [-0.2, 0) is 6.54 Å². The first-order chi connectivity index (χ1) is 9.36. The average molecular weight is 390 g/mol. The summed E-state index contributed by atoms with van der Waals surface area (Å²) in [6.07, 6.45) is 7.19. The molecule has 20 heavy (non-hydrogen) atoms. The fourth-order valence-corrected chi connectivity index (χ4v) is 3.41. The molecule has 0 amide bonds. The molecule has 0 bridgehead atoms. The summed E-state index contributed by atoms with van der Waals surface area (Å²) in [5.41, 5.74) is 0.915. The molecule has 0 spiro atoms. The lowest BCUT2D eigenvalue weighted by Gasteiger charge is -2.22. The predicted molar refractivity (Wildman–Crippen MR) is 89.1 cm³/mol. The Morgan fingerprint density at radius 3 is 2.65 bits per heavy atom. The summed E-state index contributed by atoms with van der Waals surface area (Å²) >= 11 is 0. The average Bonchev–Trinajstić information content (AvgIpc) is 3.08. The molecule has 2 heterocycles. The Labute approximate surface area is 137 Å². The van der Waals surface area contributed by atoms with E-state index in [0.717, 1.165) is 36.6 Å². The van der Waals surface area contributed by atoms with E-state index < -0.39 is 0 Å². The van der Waals surface area contributed by atoms with Crippen LogP contribution in [0.1, 0.15) is 31.4 Å². The number of nitrogens with one attached hydrogen (secondary N) is 1. The maximum atomic E-state index is 4.84. The van der Waals surface area contributed by atoms with Gasteiger partial charge in [0.05, 0.1) is 6.54 Å². The molecule has 0 radical (unpaired) electrons. The van der Waals surface area contributed by atoms with E-state index in [9.17, 15) is 0 Å². The van der Waals surface area contributed by atoms with Crippen molar-refractivity contribution in [2.24, 2.45) is 16.8 Å². The number of hydrogen-bond donors (Lipinski definition) is 1. The monoisotopic (exact) mass is 390 g/mol. The summed E-state index contributed by atoms with van der Waals surface area (Å²) < 4.78 is 4.84. The maximum absolute atomic E-state index is 4.84. The van der Waals surface area contributed by atoms with E-state index >= 15 is 0 Å². The summed E-state index contributed by atoms with van der Waals surface area (Å²) in [5, 5.41) is 7.29. The van der Waals surface area contributed by atoms with Crippen LogP contribution >= 0.6 is 24.0 Å². The molecule has 1 saturated heterocycles. The SMILES string of the molecule is CN=C(NCc1ccon1)N1CC2CCCCC2C1.I. The lowest BCUT2D eigenvalue weighted by Crippen LogP contribution is -2.39. The first-order valence-corrected chi connectivity index (χ1v) is 7.21. The fourth-order valence-electron chi connectivity index (χ4n) is 3.41. The maximum Gasteiger partial charge on any atom is 0.193 e. The zero-order chi connectivity index (χ0) is 13.1.